The van der Waals surface area contributed by atoms with Crippen LogP contribution in [0.25, 0.3) is 5.69 Å². The van der Waals surface area contributed by atoms with Crippen LogP contribution in [0.4, 0.5) is 5.69 Å². The Kier molecular flexibility index (Phi) is 9.82. The van der Waals surface area contributed by atoms with Gasteiger partial charge in [-0.25, -0.2) is 0 Å². The highest BCUT2D eigenvalue weighted by molar-refractivity contribution is 7.99. The summed E-state index contributed by atoms with van der Waals surface area (Å²) < 4.78 is 19.7. The van der Waals surface area contributed by atoms with E-state index in [4.69, 9.17) is 14.2 Å². The van der Waals surface area contributed by atoms with Gasteiger partial charge in [-0.3, -0.25) is 9.59 Å². The molecular formula is C31H33N5O6S. The number of hydrogen-bond acceptors (Lipinski definition) is 10. The average Bonchev–Trinajstić information content (AvgIpc) is 3.50. The fourth-order valence-electron chi connectivity index (χ4n) is 4.74. The zero-order chi connectivity index (χ0) is 30.3. The zero-order valence-corrected chi connectivity index (χ0v) is 24.8. The molecule has 3 aromatic carbocycles. The summed E-state index contributed by atoms with van der Waals surface area (Å²) in [4.78, 5) is 23.6. The minimum atomic E-state index is -0.914. The van der Waals surface area contributed by atoms with Gasteiger partial charge in [-0.15, -0.1) is 5.10 Å². The van der Waals surface area contributed by atoms with Crippen LogP contribution in [0.5, 0.6) is 0 Å². The lowest BCUT2D eigenvalue weighted by Gasteiger charge is -2.41. The Bertz CT molecular complexity index is 1520. The molecule has 5 atom stereocenters. The van der Waals surface area contributed by atoms with Gasteiger partial charge in [0.05, 0.1) is 24.5 Å². The first-order valence-electron chi connectivity index (χ1n) is 13.9. The summed E-state index contributed by atoms with van der Waals surface area (Å²) in [6.07, 6.45) is -2.11. The van der Waals surface area contributed by atoms with Gasteiger partial charge in [-0.05, 0) is 52.7 Å². The Morgan fingerprint density at radius 3 is 2.40 bits per heavy atom. The van der Waals surface area contributed by atoms with Crippen molar-refractivity contribution in [3.63, 3.8) is 0 Å². The van der Waals surface area contributed by atoms with Crippen molar-refractivity contribution in [2.75, 3.05) is 11.1 Å². The number of carbonyl (C=O) groups excluding carboxylic acids is 2. The molecule has 4 aromatic rings. The van der Waals surface area contributed by atoms with Crippen LogP contribution < -0.4 is 5.32 Å². The van der Waals surface area contributed by atoms with Gasteiger partial charge in [-0.1, -0.05) is 73.3 Å². The Morgan fingerprint density at radius 2 is 1.72 bits per heavy atom. The monoisotopic (exact) mass is 603 g/mol. The van der Waals surface area contributed by atoms with Crippen LogP contribution in [-0.4, -0.2) is 55.2 Å². The number of nitrogens with zero attached hydrogens (tertiary/aromatic N) is 4. The molecule has 1 saturated heterocycles. The van der Waals surface area contributed by atoms with Gasteiger partial charge in [0, 0.05) is 29.8 Å². The third kappa shape index (κ3) is 7.46. The van der Waals surface area contributed by atoms with E-state index in [1.54, 1.807) is 16.8 Å². The van der Waals surface area contributed by atoms with Crippen molar-refractivity contribution >= 4 is 29.3 Å². The molecule has 1 aliphatic rings. The summed E-state index contributed by atoms with van der Waals surface area (Å²) in [5.41, 5.74) is 3.99. The number of hydrogen-bond donors (Lipinski definition) is 2. The molecule has 0 bridgehead atoms. The van der Waals surface area contributed by atoms with Crippen molar-refractivity contribution in [2.24, 2.45) is 5.92 Å². The summed E-state index contributed by atoms with van der Waals surface area (Å²) in [6, 6.07) is 24.6. The summed E-state index contributed by atoms with van der Waals surface area (Å²) in [5.74, 6) is -0.403. The van der Waals surface area contributed by atoms with Crippen LogP contribution in [-0.2, 0) is 30.4 Å². The van der Waals surface area contributed by atoms with Crippen LogP contribution in [0, 0.1) is 5.92 Å². The number of amides is 1. The van der Waals surface area contributed by atoms with Crippen molar-refractivity contribution in [1.82, 2.24) is 20.2 Å². The van der Waals surface area contributed by atoms with Crippen molar-refractivity contribution in [2.45, 2.75) is 57.1 Å². The van der Waals surface area contributed by atoms with Crippen molar-refractivity contribution in [3.05, 3.63) is 95.6 Å². The fourth-order valence-corrected chi connectivity index (χ4v) is 5.79. The van der Waals surface area contributed by atoms with Crippen molar-refractivity contribution in [3.8, 4) is 5.69 Å². The van der Waals surface area contributed by atoms with Gasteiger partial charge in [0.1, 0.15) is 0 Å². The molecule has 0 saturated carbocycles. The van der Waals surface area contributed by atoms with Crippen LogP contribution >= 0.6 is 11.8 Å². The lowest BCUT2D eigenvalue weighted by molar-refractivity contribution is -0.268. The predicted molar refractivity (Wildman–Crippen MR) is 159 cm³/mol. The van der Waals surface area contributed by atoms with Crippen LogP contribution in [0.15, 0.2) is 84.0 Å². The molecule has 1 aromatic heterocycles. The molecule has 1 aliphatic heterocycles. The largest absolute Gasteiger partial charge is 0.453 e. The summed E-state index contributed by atoms with van der Waals surface area (Å²) >= 11 is 1.51. The Morgan fingerprint density at radius 1 is 1.02 bits per heavy atom. The number of carbonyl (C=O) groups is 2. The van der Waals surface area contributed by atoms with Crippen LogP contribution in [0.3, 0.4) is 0 Å². The molecule has 0 spiro atoms. The Hall–Kier alpha value is -4.10. The number of rotatable bonds is 10. The van der Waals surface area contributed by atoms with Gasteiger partial charge in [-0.2, -0.15) is 4.68 Å². The standard InChI is InChI=1S/C31H33N5O6S/c1-19-27(18-43-31-33-34-35-36(31)26-7-5-4-6-8-26)41-30(42-28(19)23-11-9-22(17-37)10-12-23)24-13-15-25(16-14-24)32-29(39)20(2)40-21(3)38/h4-16,19-20,27-28,30,37H,17-18H2,1-3H3,(H,32,39). The second-order valence-electron chi connectivity index (χ2n) is 10.2. The van der Waals surface area contributed by atoms with E-state index < -0.39 is 24.3 Å². The van der Waals surface area contributed by atoms with E-state index in [0.717, 1.165) is 22.4 Å². The molecule has 224 valence electrons. The van der Waals surface area contributed by atoms with Crippen molar-refractivity contribution in [1.29, 1.82) is 0 Å². The number of nitrogens with one attached hydrogen (secondary N) is 1. The SMILES string of the molecule is CC(=O)OC(C)C(=O)Nc1ccc(C2OC(CSc3nnnn3-c3ccccc3)C(C)C(c3ccc(CO)cc3)O2)cc1. The average molecular weight is 604 g/mol. The number of benzene rings is 3. The minimum Gasteiger partial charge on any atom is -0.453 e. The van der Waals surface area contributed by atoms with Crippen molar-refractivity contribution < 1.29 is 28.9 Å². The lowest BCUT2D eigenvalue weighted by atomic mass is 9.91. The summed E-state index contributed by atoms with van der Waals surface area (Å²) in [7, 11) is 0. The number of thioether (sulfide) groups is 1. The fraction of sp³-hybridized carbons (Fsp3) is 0.323. The van der Waals surface area contributed by atoms with Crippen LogP contribution in [0.1, 0.15) is 49.9 Å². The second kappa shape index (κ2) is 13.9. The highest BCUT2D eigenvalue weighted by Crippen LogP contribution is 2.43. The van der Waals surface area contributed by atoms with Gasteiger partial charge in [0.2, 0.25) is 5.16 Å². The smallest absolute Gasteiger partial charge is 0.303 e. The molecule has 1 amide bonds. The summed E-state index contributed by atoms with van der Waals surface area (Å²) in [6.45, 7) is 4.83. The number of aliphatic hydroxyl groups is 1. The molecule has 12 heteroatoms. The number of anilines is 1. The molecular weight excluding hydrogens is 570 g/mol. The molecule has 1 fully saturated rings. The van der Waals surface area contributed by atoms with Gasteiger partial charge < -0.3 is 24.6 Å². The minimum absolute atomic E-state index is 0.0221. The van der Waals surface area contributed by atoms with E-state index >= 15 is 0 Å². The number of tetrazole rings is 1. The molecule has 11 nitrogen and oxygen atoms in total. The quantitative estimate of drug-likeness (QED) is 0.195. The van der Waals surface area contributed by atoms with Gasteiger partial charge in [0.25, 0.3) is 5.91 Å². The third-order valence-corrected chi connectivity index (χ3v) is 8.11. The maximum Gasteiger partial charge on any atom is 0.303 e. The molecule has 0 radical (unpaired) electrons. The molecule has 5 unspecified atom stereocenters. The first kappa shape index (κ1) is 30.4. The van der Waals surface area contributed by atoms with E-state index in [9.17, 15) is 14.7 Å². The highest BCUT2D eigenvalue weighted by Gasteiger charge is 2.38. The predicted octanol–water partition coefficient (Wildman–Crippen LogP) is 4.63. The number of aromatic nitrogens is 4. The molecule has 0 aliphatic carbocycles. The molecule has 5 rings (SSSR count). The van der Waals surface area contributed by atoms with E-state index in [2.05, 4.69) is 27.8 Å². The third-order valence-electron chi connectivity index (χ3n) is 7.10. The van der Waals surface area contributed by atoms with E-state index in [1.165, 1.54) is 25.6 Å². The molecule has 43 heavy (non-hydrogen) atoms. The van der Waals surface area contributed by atoms with E-state index in [-0.39, 0.29) is 24.7 Å². The first-order chi connectivity index (χ1) is 20.8. The lowest BCUT2D eigenvalue weighted by Crippen LogP contribution is -2.38. The van der Waals surface area contributed by atoms with Gasteiger partial charge >= 0.3 is 5.97 Å². The Labute approximate surface area is 253 Å². The molecule has 2 N–H and O–H groups in total. The highest BCUT2D eigenvalue weighted by atomic mass is 32.2. The normalized spacial score (nSPS) is 20.7. The number of para-hydroxylation sites is 1. The van der Waals surface area contributed by atoms with Crippen LogP contribution in [0.2, 0.25) is 0 Å². The summed E-state index contributed by atoms with van der Waals surface area (Å²) in [5, 5.41) is 25.2. The first-order valence-corrected chi connectivity index (χ1v) is 14.9. The van der Waals surface area contributed by atoms with Gasteiger partial charge in [0.15, 0.2) is 12.4 Å². The number of aliphatic hydroxyl groups excluding tert-OH is 1. The zero-order valence-electron chi connectivity index (χ0n) is 24.0. The van der Waals surface area contributed by atoms with E-state index in [0.29, 0.717) is 16.6 Å². The second-order valence-corrected chi connectivity index (χ2v) is 11.2. The number of esters is 1. The maximum absolute atomic E-state index is 12.4. The number of ether oxygens (including phenoxy) is 3. The Balaban J connectivity index is 1.34. The van der Waals surface area contributed by atoms with E-state index in [1.807, 2.05) is 66.7 Å². The maximum atomic E-state index is 12.4. The molecule has 2 heterocycles. The topological polar surface area (TPSA) is 138 Å².